The lowest BCUT2D eigenvalue weighted by molar-refractivity contribution is -0.123. The lowest BCUT2D eigenvalue weighted by atomic mass is 9.90. The lowest BCUT2D eigenvalue weighted by Crippen LogP contribution is -2.22. The third-order valence-electron chi connectivity index (χ3n) is 4.90. The Kier molecular flexibility index (Phi) is 3.24. The van der Waals surface area contributed by atoms with Gasteiger partial charge in [0.25, 0.3) is 0 Å². The fraction of sp³-hybridized carbons (Fsp3) is 0.500. The molecule has 106 valence electrons. The average molecular weight is 272 g/mol. The van der Waals surface area contributed by atoms with E-state index in [0.717, 1.165) is 12.0 Å². The van der Waals surface area contributed by atoms with Crippen molar-refractivity contribution < 1.29 is 9.90 Å². The molecule has 1 aromatic rings. The minimum absolute atomic E-state index is 0.0504. The first-order valence-electron chi connectivity index (χ1n) is 7.23. The second-order valence-electron chi connectivity index (χ2n) is 6.16. The van der Waals surface area contributed by atoms with Crippen molar-refractivity contribution in [2.75, 3.05) is 0 Å². The van der Waals surface area contributed by atoms with E-state index in [2.05, 4.69) is 17.5 Å². The third kappa shape index (κ3) is 2.30. The second kappa shape index (κ2) is 4.93. The summed E-state index contributed by atoms with van der Waals surface area (Å²) in [6.07, 6.45) is 6.44. The van der Waals surface area contributed by atoms with Crippen molar-refractivity contribution in [3.63, 3.8) is 0 Å². The van der Waals surface area contributed by atoms with E-state index < -0.39 is 0 Å². The second-order valence-corrected chi connectivity index (χ2v) is 6.16. The smallest absolute Gasteiger partial charge is 0.244 e. The molecule has 0 aliphatic heterocycles. The molecule has 3 rings (SSSR count). The molecule has 2 aliphatic carbocycles. The molecule has 1 aromatic carbocycles. The summed E-state index contributed by atoms with van der Waals surface area (Å²) in [6.45, 7) is 2.23. The topological polar surface area (TPSA) is 61.7 Å². The van der Waals surface area contributed by atoms with Crippen LogP contribution in [0.4, 0.5) is 0 Å². The Morgan fingerprint density at radius 1 is 1.40 bits per heavy atom. The summed E-state index contributed by atoms with van der Waals surface area (Å²) in [5, 5.41) is 13.2. The molecule has 4 heteroatoms. The van der Waals surface area contributed by atoms with E-state index >= 15 is 0 Å². The molecule has 4 nitrogen and oxygen atoms in total. The van der Waals surface area contributed by atoms with E-state index in [0.29, 0.717) is 5.92 Å². The quantitative estimate of drug-likeness (QED) is 0.656. The standard InChI is InChI=1S/C16H20N2O2/c1-16-9-3-2-4-13(16)14(16)15(20)18-17-10-11-5-7-12(19)8-6-11/h5-8,10,13-14,19H,2-4,9H2,1H3,(H,18,20)/b17-10+/t13-,14+,16+/m0/s1. The summed E-state index contributed by atoms with van der Waals surface area (Å²) < 4.78 is 0. The van der Waals surface area contributed by atoms with E-state index in [1.165, 1.54) is 19.3 Å². The summed E-state index contributed by atoms with van der Waals surface area (Å²) in [7, 11) is 0. The SMILES string of the molecule is C[C@@]12CCCC[C@H]1[C@@H]2C(=O)N/N=C/c1ccc(O)cc1. The number of fused-ring (bicyclic) bond motifs is 1. The number of nitrogens with zero attached hydrogens (tertiary/aromatic N) is 1. The molecule has 2 saturated carbocycles. The van der Waals surface area contributed by atoms with Crippen molar-refractivity contribution >= 4 is 12.1 Å². The van der Waals surface area contributed by atoms with Crippen LogP contribution in [0.25, 0.3) is 0 Å². The summed E-state index contributed by atoms with van der Waals surface area (Å²) >= 11 is 0. The van der Waals surface area contributed by atoms with Crippen LogP contribution in [-0.4, -0.2) is 17.2 Å². The number of amides is 1. The number of carbonyl (C=O) groups is 1. The molecule has 2 fully saturated rings. The van der Waals surface area contributed by atoms with Crippen molar-refractivity contribution in [3.05, 3.63) is 29.8 Å². The van der Waals surface area contributed by atoms with Crippen LogP contribution in [0.1, 0.15) is 38.2 Å². The van der Waals surface area contributed by atoms with E-state index in [-0.39, 0.29) is 23.0 Å². The summed E-state index contributed by atoms with van der Waals surface area (Å²) in [6, 6.07) is 6.70. The molecular weight excluding hydrogens is 252 g/mol. The number of hydrogen-bond acceptors (Lipinski definition) is 3. The Balaban J connectivity index is 1.56. The van der Waals surface area contributed by atoms with Gasteiger partial charge in [-0.2, -0.15) is 5.10 Å². The summed E-state index contributed by atoms with van der Waals surface area (Å²) in [5.41, 5.74) is 3.73. The Hall–Kier alpha value is -1.84. The van der Waals surface area contributed by atoms with Crippen LogP contribution in [0.3, 0.4) is 0 Å². The first kappa shape index (κ1) is 13.2. The Bertz CT molecular complexity index is 538. The van der Waals surface area contributed by atoms with E-state index in [9.17, 15) is 9.90 Å². The molecule has 0 saturated heterocycles. The van der Waals surface area contributed by atoms with Gasteiger partial charge in [-0.1, -0.05) is 19.8 Å². The predicted molar refractivity (Wildman–Crippen MR) is 77.4 cm³/mol. The molecule has 0 unspecified atom stereocenters. The summed E-state index contributed by atoms with van der Waals surface area (Å²) in [4.78, 5) is 12.2. The van der Waals surface area contributed by atoms with Gasteiger partial charge in [-0.05, 0) is 54.0 Å². The Labute approximate surface area is 118 Å². The molecule has 3 atom stereocenters. The molecule has 0 radical (unpaired) electrons. The van der Waals surface area contributed by atoms with Crippen molar-refractivity contribution in [1.29, 1.82) is 0 Å². The maximum absolute atomic E-state index is 12.2. The fourth-order valence-electron chi connectivity index (χ4n) is 3.65. The van der Waals surface area contributed by atoms with E-state index in [1.807, 2.05) is 0 Å². The molecule has 2 N–H and O–H groups in total. The molecule has 0 bridgehead atoms. The van der Waals surface area contributed by atoms with E-state index in [1.54, 1.807) is 30.5 Å². The number of aromatic hydroxyl groups is 1. The molecule has 0 spiro atoms. The summed E-state index contributed by atoms with van der Waals surface area (Å²) in [5.74, 6) is 0.970. The predicted octanol–water partition coefficient (Wildman–Crippen LogP) is 2.67. The van der Waals surface area contributed by atoms with Crippen molar-refractivity contribution in [3.8, 4) is 5.75 Å². The Morgan fingerprint density at radius 3 is 2.80 bits per heavy atom. The monoisotopic (exact) mass is 272 g/mol. The van der Waals surface area contributed by atoms with Gasteiger partial charge in [-0.25, -0.2) is 5.43 Å². The lowest BCUT2D eigenvalue weighted by Gasteiger charge is -2.15. The molecule has 0 aromatic heterocycles. The van der Waals surface area contributed by atoms with Crippen molar-refractivity contribution in [2.45, 2.75) is 32.6 Å². The number of rotatable bonds is 3. The zero-order valence-corrected chi connectivity index (χ0v) is 11.7. The normalized spacial score (nSPS) is 31.9. The number of benzene rings is 1. The van der Waals surface area contributed by atoms with Crippen LogP contribution in [0.5, 0.6) is 5.75 Å². The zero-order valence-electron chi connectivity index (χ0n) is 11.7. The van der Waals surface area contributed by atoms with Crippen LogP contribution in [0, 0.1) is 17.3 Å². The van der Waals surface area contributed by atoms with Gasteiger partial charge in [0.1, 0.15) is 5.75 Å². The van der Waals surface area contributed by atoms with Gasteiger partial charge >= 0.3 is 0 Å². The average Bonchev–Trinajstić information content (AvgIpc) is 3.06. The van der Waals surface area contributed by atoms with Gasteiger partial charge in [0, 0.05) is 5.92 Å². The number of hydrazone groups is 1. The van der Waals surface area contributed by atoms with Crippen LogP contribution in [0.2, 0.25) is 0 Å². The van der Waals surface area contributed by atoms with Crippen LogP contribution < -0.4 is 5.43 Å². The molecule has 1 amide bonds. The first-order valence-corrected chi connectivity index (χ1v) is 7.23. The van der Waals surface area contributed by atoms with Crippen molar-refractivity contribution in [1.82, 2.24) is 5.43 Å². The highest BCUT2D eigenvalue weighted by Crippen LogP contribution is 2.66. The van der Waals surface area contributed by atoms with Crippen LogP contribution in [-0.2, 0) is 4.79 Å². The number of carbonyl (C=O) groups excluding carboxylic acids is 1. The third-order valence-corrected chi connectivity index (χ3v) is 4.90. The minimum atomic E-state index is 0.0504. The molecule has 0 heterocycles. The van der Waals surface area contributed by atoms with Gasteiger partial charge < -0.3 is 5.11 Å². The largest absolute Gasteiger partial charge is 0.508 e. The highest BCUT2D eigenvalue weighted by atomic mass is 16.3. The number of nitrogens with one attached hydrogen (secondary N) is 1. The highest BCUT2D eigenvalue weighted by Gasteiger charge is 2.64. The minimum Gasteiger partial charge on any atom is -0.508 e. The molecule has 20 heavy (non-hydrogen) atoms. The van der Waals surface area contributed by atoms with Gasteiger partial charge in [0.15, 0.2) is 0 Å². The van der Waals surface area contributed by atoms with Gasteiger partial charge in [-0.3, -0.25) is 4.79 Å². The number of phenolic OH excluding ortho intramolecular Hbond substituents is 1. The molecule has 2 aliphatic rings. The van der Waals surface area contributed by atoms with Crippen LogP contribution in [0.15, 0.2) is 29.4 Å². The van der Waals surface area contributed by atoms with Gasteiger partial charge in [0.2, 0.25) is 5.91 Å². The van der Waals surface area contributed by atoms with Crippen LogP contribution >= 0.6 is 0 Å². The van der Waals surface area contributed by atoms with Crippen molar-refractivity contribution in [2.24, 2.45) is 22.4 Å². The fourth-order valence-corrected chi connectivity index (χ4v) is 3.65. The number of phenols is 1. The Morgan fingerprint density at radius 2 is 2.15 bits per heavy atom. The van der Waals surface area contributed by atoms with Gasteiger partial charge in [-0.15, -0.1) is 0 Å². The zero-order chi connectivity index (χ0) is 14.2. The number of hydrogen-bond donors (Lipinski definition) is 2. The molecular formula is C16H20N2O2. The van der Waals surface area contributed by atoms with Gasteiger partial charge in [0.05, 0.1) is 6.21 Å². The maximum Gasteiger partial charge on any atom is 0.244 e. The maximum atomic E-state index is 12.2. The highest BCUT2D eigenvalue weighted by molar-refractivity contribution is 5.85. The first-order chi connectivity index (χ1) is 9.61. The van der Waals surface area contributed by atoms with E-state index in [4.69, 9.17) is 0 Å².